The molecule has 0 saturated carbocycles. The van der Waals surface area contributed by atoms with Gasteiger partial charge in [0.2, 0.25) is 0 Å². The van der Waals surface area contributed by atoms with E-state index < -0.39 is 6.17 Å². The molecule has 0 N–H and O–H groups in total. The van der Waals surface area contributed by atoms with Crippen LogP contribution in [0.4, 0.5) is 4.39 Å². The summed E-state index contributed by atoms with van der Waals surface area (Å²) >= 11 is 0. The SMILES string of the molecule is C=C1C=C(C)C(CCN2CC(F)C2)=CN1C(C)C. The van der Waals surface area contributed by atoms with Gasteiger partial charge in [0.1, 0.15) is 6.17 Å². The van der Waals surface area contributed by atoms with Crippen molar-refractivity contribution >= 4 is 0 Å². The number of likely N-dealkylation sites (tertiary alicyclic amines) is 1. The molecule has 0 aliphatic carbocycles. The summed E-state index contributed by atoms with van der Waals surface area (Å²) in [6, 6.07) is 0.427. The quantitative estimate of drug-likeness (QED) is 0.756. The van der Waals surface area contributed by atoms with E-state index in [0.29, 0.717) is 19.1 Å². The smallest absolute Gasteiger partial charge is 0.125 e. The van der Waals surface area contributed by atoms with E-state index in [1.54, 1.807) is 0 Å². The fraction of sp³-hybridized carbons (Fsp3) is 0.600. The molecule has 0 unspecified atom stereocenters. The lowest BCUT2D eigenvalue weighted by Crippen LogP contribution is -2.48. The van der Waals surface area contributed by atoms with Gasteiger partial charge in [-0.1, -0.05) is 6.58 Å². The fourth-order valence-corrected chi connectivity index (χ4v) is 2.48. The zero-order valence-corrected chi connectivity index (χ0v) is 11.6. The Balaban J connectivity index is 1.95. The van der Waals surface area contributed by atoms with E-state index in [-0.39, 0.29) is 0 Å². The zero-order chi connectivity index (χ0) is 13.3. The molecular weight excluding hydrogens is 227 g/mol. The first-order valence-corrected chi connectivity index (χ1v) is 6.70. The van der Waals surface area contributed by atoms with Crippen LogP contribution in [0.3, 0.4) is 0 Å². The topological polar surface area (TPSA) is 6.48 Å². The second-order valence-electron chi connectivity index (χ2n) is 5.58. The molecule has 0 atom stereocenters. The minimum absolute atomic E-state index is 0.427. The van der Waals surface area contributed by atoms with Crippen molar-refractivity contribution < 1.29 is 4.39 Å². The van der Waals surface area contributed by atoms with Crippen LogP contribution < -0.4 is 0 Å². The first kappa shape index (κ1) is 13.3. The third-order valence-corrected chi connectivity index (χ3v) is 3.68. The number of allylic oxidation sites excluding steroid dienone is 2. The van der Waals surface area contributed by atoms with Crippen molar-refractivity contribution in [2.45, 2.75) is 39.4 Å². The van der Waals surface area contributed by atoms with Crippen LogP contribution in [0.2, 0.25) is 0 Å². The van der Waals surface area contributed by atoms with E-state index in [9.17, 15) is 4.39 Å². The Morgan fingerprint density at radius 1 is 1.44 bits per heavy atom. The largest absolute Gasteiger partial charge is 0.346 e. The van der Waals surface area contributed by atoms with Gasteiger partial charge in [0.25, 0.3) is 0 Å². The van der Waals surface area contributed by atoms with E-state index in [1.807, 2.05) is 0 Å². The van der Waals surface area contributed by atoms with Crippen molar-refractivity contribution in [3.8, 4) is 0 Å². The van der Waals surface area contributed by atoms with Crippen molar-refractivity contribution in [2.24, 2.45) is 0 Å². The molecule has 0 aromatic rings. The minimum Gasteiger partial charge on any atom is -0.346 e. The molecule has 1 fully saturated rings. The second-order valence-corrected chi connectivity index (χ2v) is 5.58. The third kappa shape index (κ3) is 2.83. The number of hydrogen-bond donors (Lipinski definition) is 0. The molecule has 2 heterocycles. The molecule has 0 aromatic heterocycles. The van der Waals surface area contributed by atoms with Crippen LogP contribution in [0.25, 0.3) is 0 Å². The van der Waals surface area contributed by atoms with E-state index >= 15 is 0 Å². The van der Waals surface area contributed by atoms with Crippen molar-refractivity contribution in [3.05, 3.63) is 35.7 Å². The van der Waals surface area contributed by atoms with Crippen LogP contribution in [-0.4, -0.2) is 41.6 Å². The molecule has 2 aliphatic rings. The third-order valence-electron chi connectivity index (χ3n) is 3.68. The molecule has 18 heavy (non-hydrogen) atoms. The summed E-state index contributed by atoms with van der Waals surface area (Å²) < 4.78 is 12.7. The lowest BCUT2D eigenvalue weighted by atomic mass is 9.99. The highest BCUT2D eigenvalue weighted by molar-refractivity contribution is 5.40. The van der Waals surface area contributed by atoms with Crippen LogP contribution in [0.1, 0.15) is 27.2 Å². The van der Waals surface area contributed by atoms with Crippen LogP contribution in [0.5, 0.6) is 0 Å². The molecular formula is C15H23FN2. The Morgan fingerprint density at radius 3 is 2.67 bits per heavy atom. The first-order valence-electron chi connectivity index (χ1n) is 6.70. The highest BCUT2D eigenvalue weighted by Crippen LogP contribution is 2.26. The predicted molar refractivity (Wildman–Crippen MR) is 73.9 cm³/mol. The van der Waals surface area contributed by atoms with Gasteiger partial charge in [-0.3, -0.25) is 4.90 Å². The normalized spacial score (nSPS) is 22.1. The van der Waals surface area contributed by atoms with Crippen LogP contribution >= 0.6 is 0 Å². The molecule has 0 aromatic carbocycles. The van der Waals surface area contributed by atoms with Crippen molar-refractivity contribution in [1.29, 1.82) is 0 Å². The minimum atomic E-state index is -0.603. The summed E-state index contributed by atoms with van der Waals surface area (Å²) in [5, 5.41) is 0. The fourth-order valence-electron chi connectivity index (χ4n) is 2.48. The number of rotatable bonds is 4. The lowest BCUT2D eigenvalue weighted by molar-refractivity contribution is 0.0670. The Morgan fingerprint density at radius 2 is 2.11 bits per heavy atom. The molecule has 2 nitrogen and oxygen atoms in total. The monoisotopic (exact) mass is 250 g/mol. The Bertz CT molecular complexity index is 389. The molecule has 3 heteroatoms. The van der Waals surface area contributed by atoms with Crippen molar-refractivity contribution in [3.63, 3.8) is 0 Å². The summed E-state index contributed by atoms with van der Waals surface area (Å²) in [7, 11) is 0. The van der Waals surface area contributed by atoms with Gasteiger partial charge in [-0.05, 0) is 44.4 Å². The van der Waals surface area contributed by atoms with Gasteiger partial charge in [-0.25, -0.2) is 4.39 Å². The molecule has 0 amide bonds. The highest BCUT2D eigenvalue weighted by Gasteiger charge is 2.26. The Labute approximate surface area is 109 Å². The maximum absolute atomic E-state index is 12.7. The summed E-state index contributed by atoms with van der Waals surface area (Å²) in [6.45, 7) is 12.7. The zero-order valence-electron chi connectivity index (χ0n) is 11.6. The van der Waals surface area contributed by atoms with Gasteiger partial charge in [-0.15, -0.1) is 0 Å². The maximum atomic E-state index is 12.7. The van der Waals surface area contributed by atoms with E-state index in [0.717, 1.165) is 18.7 Å². The van der Waals surface area contributed by atoms with Gasteiger partial charge >= 0.3 is 0 Å². The number of nitrogens with zero attached hydrogens (tertiary/aromatic N) is 2. The summed E-state index contributed by atoms with van der Waals surface area (Å²) in [4.78, 5) is 4.37. The second kappa shape index (κ2) is 5.27. The number of alkyl halides is 1. The van der Waals surface area contributed by atoms with Gasteiger partial charge in [0, 0.05) is 37.6 Å². The molecule has 0 radical (unpaired) electrons. The van der Waals surface area contributed by atoms with E-state index in [1.165, 1.54) is 11.1 Å². The van der Waals surface area contributed by atoms with Gasteiger partial charge < -0.3 is 4.90 Å². The number of halogens is 1. The highest BCUT2D eigenvalue weighted by atomic mass is 19.1. The molecule has 0 spiro atoms. The van der Waals surface area contributed by atoms with Gasteiger partial charge in [0.15, 0.2) is 0 Å². The lowest BCUT2D eigenvalue weighted by Gasteiger charge is -2.35. The van der Waals surface area contributed by atoms with Crippen LogP contribution in [0.15, 0.2) is 35.7 Å². The van der Waals surface area contributed by atoms with Crippen molar-refractivity contribution in [1.82, 2.24) is 9.80 Å². The summed E-state index contributed by atoms with van der Waals surface area (Å²) in [6.07, 6.45) is 4.73. The molecule has 100 valence electrons. The molecule has 2 aliphatic heterocycles. The van der Waals surface area contributed by atoms with Crippen molar-refractivity contribution in [2.75, 3.05) is 19.6 Å². The number of hydrogen-bond acceptors (Lipinski definition) is 2. The first-order chi connectivity index (χ1) is 8.47. The van der Waals surface area contributed by atoms with E-state index in [2.05, 4.69) is 49.4 Å². The molecule has 0 bridgehead atoms. The van der Waals surface area contributed by atoms with Gasteiger partial charge in [0.05, 0.1) is 0 Å². The maximum Gasteiger partial charge on any atom is 0.125 e. The van der Waals surface area contributed by atoms with Crippen LogP contribution in [-0.2, 0) is 0 Å². The average Bonchev–Trinajstić information content (AvgIpc) is 2.24. The summed E-state index contributed by atoms with van der Waals surface area (Å²) in [5.41, 5.74) is 3.69. The van der Waals surface area contributed by atoms with Gasteiger partial charge in [-0.2, -0.15) is 0 Å². The Hall–Kier alpha value is -1.09. The summed E-state index contributed by atoms with van der Waals surface area (Å²) in [5.74, 6) is 0. The van der Waals surface area contributed by atoms with Crippen LogP contribution in [0, 0.1) is 0 Å². The Kier molecular flexibility index (Phi) is 3.91. The standard InChI is InChI=1S/C15H23FN2/c1-11(2)18-8-14(12(3)7-13(18)4)5-6-17-9-15(16)10-17/h7-8,11,15H,4-6,9-10H2,1-3H3. The molecule has 1 saturated heterocycles. The molecule has 2 rings (SSSR count). The van der Waals surface area contributed by atoms with E-state index in [4.69, 9.17) is 0 Å². The average molecular weight is 250 g/mol. The predicted octanol–water partition coefficient (Wildman–Crippen LogP) is 3.10.